The minimum Gasteiger partial charge on any atom is -0.494 e. The van der Waals surface area contributed by atoms with Crippen LogP contribution >= 0.6 is 22.6 Å². The first-order valence-electron chi connectivity index (χ1n) is 8.70. The predicted molar refractivity (Wildman–Crippen MR) is 108 cm³/mol. The number of nitrogens with one attached hydrogen (secondary N) is 1. The van der Waals surface area contributed by atoms with Crippen molar-refractivity contribution in [1.82, 2.24) is 5.32 Å². The monoisotopic (exact) mass is 481 g/mol. The van der Waals surface area contributed by atoms with Gasteiger partial charge in [0.15, 0.2) is 0 Å². The van der Waals surface area contributed by atoms with Crippen LogP contribution in [0, 0.1) is 3.57 Å². The molecule has 1 atom stereocenters. The molecule has 1 saturated heterocycles. The highest BCUT2D eigenvalue weighted by atomic mass is 127. The van der Waals surface area contributed by atoms with Crippen LogP contribution in [0.5, 0.6) is 11.5 Å². The van der Waals surface area contributed by atoms with Gasteiger partial charge in [-0.15, -0.1) is 0 Å². The fraction of sp³-hybridized carbons (Fsp3) is 0.300. The van der Waals surface area contributed by atoms with E-state index in [1.165, 1.54) is 0 Å². The quantitative estimate of drug-likeness (QED) is 0.270. The summed E-state index contributed by atoms with van der Waals surface area (Å²) in [5.74, 6) is 1.02. The Labute approximate surface area is 171 Å². The zero-order valence-electron chi connectivity index (χ0n) is 14.7. The van der Waals surface area contributed by atoms with Crippen LogP contribution in [0.4, 0.5) is 4.79 Å². The van der Waals surface area contributed by atoms with E-state index in [-0.39, 0.29) is 24.5 Å². The van der Waals surface area contributed by atoms with Crippen LogP contribution in [-0.4, -0.2) is 31.3 Å². The summed E-state index contributed by atoms with van der Waals surface area (Å²) in [6, 6.07) is 15.0. The smallest absolute Gasteiger partial charge is 0.407 e. The van der Waals surface area contributed by atoms with E-state index in [1.54, 1.807) is 12.1 Å². The molecular formula is C20H20INO5. The van der Waals surface area contributed by atoms with E-state index in [9.17, 15) is 9.59 Å². The highest BCUT2D eigenvalue weighted by molar-refractivity contribution is 14.1. The molecule has 1 aliphatic heterocycles. The molecule has 1 aliphatic rings. The number of cyclic esters (lactones) is 1. The molecule has 0 unspecified atom stereocenters. The summed E-state index contributed by atoms with van der Waals surface area (Å²) in [4.78, 5) is 22.9. The van der Waals surface area contributed by atoms with E-state index < -0.39 is 0 Å². The third-order valence-electron chi connectivity index (χ3n) is 3.98. The molecule has 1 fully saturated rings. The van der Waals surface area contributed by atoms with E-state index in [1.807, 2.05) is 36.4 Å². The maximum atomic E-state index is 11.9. The molecule has 0 spiro atoms. The van der Waals surface area contributed by atoms with E-state index in [2.05, 4.69) is 27.9 Å². The summed E-state index contributed by atoms with van der Waals surface area (Å²) in [5.41, 5.74) is 1.04. The lowest BCUT2D eigenvalue weighted by atomic mass is 10.1. The summed E-state index contributed by atoms with van der Waals surface area (Å²) in [5, 5.41) is 2.73. The summed E-state index contributed by atoms with van der Waals surface area (Å²) in [6.07, 6.45) is 1.18. The molecule has 2 aromatic rings. The fourth-order valence-electron chi connectivity index (χ4n) is 2.63. The van der Waals surface area contributed by atoms with Crippen molar-refractivity contribution in [2.45, 2.75) is 25.3 Å². The molecule has 142 valence electrons. The van der Waals surface area contributed by atoms with Gasteiger partial charge in [0.1, 0.15) is 18.1 Å². The Morgan fingerprint density at radius 2 is 1.81 bits per heavy atom. The largest absolute Gasteiger partial charge is 0.494 e. The number of benzene rings is 2. The molecular weight excluding hydrogens is 461 g/mol. The number of esters is 1. The number of hydrogen-bond donors (Lipinski definition) is 1. The van der Waals surface area contributed by atoms with Gasteiger partial charge in [0.2, 0.25) is 0 Å². The Morgan fingerprint density at radius 3 is 2.48 bits per heavy atom. The van der Waals surface area contributed by atoms with Crippen LogP contribution < -0.4 is 14.8 Å². The SMILES string of the molecule is O=C(CCCOc1ccc(I)cc1)Oc1ccc(C[C@@H]2COC(=O)N2)cc1. The summed E-state index contributed by atoms with van der Waals surface area (Å²) >= 11 is 2.24. The van der Waals surface area contributed by atoms with E-state index >= 15 is 0 Å². The van der Waals surface area contributed by atoms with Gasteiger partial charge in [-0.25, -0.2) is 4.79 Å². The second-order valence-corrected chi connectivity index (χ2v) is 7.41. The number of carbonyl (C=O) groups excluding carboxylic acids is 2. The summed E-state index contributed by atoms with van der Waals surface area (Å²) in [6.45, 7) is 0.837. The standard InChI is InChI=1S/C20H20INO5/c21-15-5-9-17(10-6-15)25-11-1-2-19(23)27-18-7-3-14(4-8-18)12-16-13-26-20(24)22-16/h3-10,16H,1-2,11-13H2,(H,22,24)/t16-/m1/s1. The highest BCUT2D eigenvalue weighted by Gasteiger charge is 2.22. The summed E-state index contributed by atoms with van der Waals surface area (Å²) < 4.78 is 16.9. The minimum atomic E-state index is -0.378. The van der Waals surface area contributed by atoms with Crippen molar-refractivity contribution in [1.29, 1.82) is 0 Å². The van der Waals surface area contributed by atoms with E-state index in [4.69, 9.17) is 14.2 Å². The first-order chi connectivity index (χ1) is 13.1. The molecule has 0 aliphatic carbocycles. The van der Waals surface area contributed by atoms with Gasteiger partial charge in [0.25, 0.3) is 0 Å². The normalized spacial score (nSPS) is 15.7. The van der Waals surface area contributed by atoms with Crippen LogP contribution in [-0.2, 0) is 16.0 Å². The summed E-state index contributed by atoms with van der Waals surface area (Å²) in [7, 11) is 0. The molecule has 1 N–H and O–H groups in total. The maximum absolute atomic E-state index is 11.9. The average Bonchev–Trinajstić information content (AvgIpc) is 3.07. The van der Waals surface area contributed by atoms with Crippen LogP contribution in [0.1, 0.15) is 18.4 Å². The number of rotatable bonds is 8. The first-order valence-corrected chi connectivity index (χ1v) is 9.77. The number of halogens is 1. The zero-order valence-corrected chi connectivity index (χ0v) is 16.8. The van der Waals surface area contributed by atoms with Gasteiger partial charge < -0.3 is 19.5 Å². The molecule has 1 heterocycles. The van der Waals surface area contributed by atoms with E-state index in [0.29, 0.717) is 31.8 Å². The molecule has 0 radical (unpaired) electrons. The molecule has 1 amide bonds. The lowest BCUT2D eigenvalue weighted by Crippen LogP contribution is -2.28. The van der Waals surface area contributed by atoms with Gasteiger partial charge in [-0.3, -0.25) is 4.79 Å². The molecule has 0 bridgehead atoms. The average molecular weight is 481 g/mol. The third kappa shape index (κ3) is 6.42. The molecule has 0 aromatic heterocycles. The highest BCUT2D eigenvalue weighted by Crippen LogP contribution is 2.16. The van der Waals surface area contributed by atoms with Gasteiger partial charge in [0, 0.05) is 9.99 Å². The fourth-order valence-corrected chi connectivity index (χ4v) is 2.99. The Bertz CT molecular complexity index is 776. The van der Waals surface area contributed by atoms with Crippen molar-refractivity contribution >= 4 is 34.7 Å². The Kier molecular flexibility index (Phi) is 6.92. The Hall–Kier alpha value is -2.29. The van der Waals surface area contributed by atoms with Crippen molar-refractivity contribution in [3.8, 4) is 11.5 Å². The van der Waals surface area contributed by atoms with Gasteiger partial charge in [-0.05, 0) is 77.4 Å². The number of hydrogen-bond acceptors (Lipinski definition) is 5. The van der Waals surface area contributed by atoms with Crippen LogP contribution in [0.2, 0.25) is 0 Å². The van der Waals surface area contributed by atoms with Gasteiger partial charge >= 0.3 is 12.1 Å². The lowest BCUT2D eigenvalue weighted by molar-refractivity contribution is -0.134. The number of ether oxygens (including phenoxy) is 3. The van der Waals surface area contributed by atoms with Gasteiger partial charge in [-0.2, -0.15) is 0 Å². The molecule has 7 heteroatoms. The van der Waals surface area contributed by atoms with Crippen LogP contribution in [0.25, 0.3) is 0 Å². The zero-order chi connectivity index (χ0) is 19.1. The Balaban J connectivity index is 1.36. The first kappa shape index (κ1) is 19.5. The van der Waals surface area contributed by atoms with Crippen molar-refractivity contribution in [2.24, 2.45) is 0 Å². The lowest BCUT2D eigenvalue weighted by Gasteiger charge is -2.09. The van der Waals surface area contributed by atoms with Gasteiger partial charge in [-0.1, -0.05) is 12.1 Å². The third-order valence-corrected chi connectivity index (χ3v) is 4.70. The predicted octanol–water partition coefficient (Wildman–Crippen LogP) is 3.71. The van der Waals surface area contributed by atoms with Crippen molar-refractivity contribution < 1.29 is 23.8 Å². The van der Waals surface area contributed by atoms with Crippen molar-refractivity contribution in [2.75, 3.05) is 13.2 Å². The Morgan fingerprint density at radius 1 is 1.11 bits per heavy atom. The number of alkyl carbamates (subject to hydrolysis) is 1. The van der Waals surface area contributed by atoms with E-state index in [0.717, 1.165) is 14.9 Å². The van der Waals surface area contributed by atoms with Crippen molar-refractivity contribution in [3.63, 3.8) is 0 Å². The molecule has 6 nitrogen and oxygen atoms in total. The topological polar surface area (TPSA) is 73.9 Å². The molecule has 0 saturated carbocycles. The molecule has 2 aromatic carbocycles. The molecule has 27 heavy (non-hydrogen) atoms. The van der Waals surface area contributed by atoms with Gasteiger partial charge in [0.05, 0.1) is 12.6 Å². The van der Waals surface area contributed by atoms with Crippen LogP contribution in [0.15, 0.2) is 48.5 Å². The number of amides is 1. The van der Waals surface area contributed by atoms with Crippen LogP contribution in [0.3, 0.4) is 0 Å². The maximum Gasteiger partial charge on any atom is 0.407 e. The molecule has 3 rings (SSSR count). The second kappa shape index (κ2) is 9.59. The number of carbonyl (C=O) groups is 2. The second-order valence-electron chi connectivity index (χ2n) is 6.17. The minimum absolute atomic E-state index is 0.0148. The van der Waals surface area contributed by atoms with Crippen molar-refractivity contribution in [3.05, 3.63) is 57.7 Å².